The molecule has 0 radical (unpaired) electrons. The van der Waals surface area contributed by atoms with E-state index in [9.17, 15) is 0 Å². The molecule has 0 aliphatic carbocycles. The molecule has 0 aliphatic rings. The Bertz CT molecular complexity index is 753. The number of hydrogen-bond acceptors (Lipinski definition) is 4. The van der Waals surface area contributed by atoms with Crippen LogP contribution in [0.15, 0.2) is 48.8 Å². The van der Waals surface area contributed by atoms with Crippen molar-refractivity contribution >= 4 is 23.6 Å². The molecule has 0 atom stereocenters. The van der Waals surface area contributed by atoms with Crippen LogP contribution in [0, 0.1) is 0 Å². The predicted octanol–water partition coefficient (Wildman–Crippen LogP) is 0.773. The minimum absolute atomic E-state index is 0.482. The van der Waals surface area contributed by atoms with Crippen LogP contribution in [0.5, 0.6) is 5.75 Å². The zero-order valence-corrected chi connectivity index (χ0v) is 11.6. The highest BCUT2D eigenvalue weighted by Gasteiger charge is 2.11. The number of imidazole rings is 1. The van der Waals surface area contributed by atoms with Gasteiger partial charge in [-0.25, -0.2) is 4.98 Å². The summed E-state index contributed by atoms with van der Waals surface area (Å²) in [6, 6.07) is 13.0. The Morgan fingerprint density at radius 2 is 1.90 bits per heavy atom. The molecule has 1 aromatic heterocycles. The molecule has 5 nitrogen and oxygen atoms in total. The molecule has 3 rings (SSSR count). The Balaban J connectivity index is 1.91. The van der Waals surface area contributed by atoms with Crippen LogP contribution >= 0.6 is 0 Å². The second-order valence-electron chi connectivity index (χ2n) is 4.82. The Hall–Kier alpha value is -2.31. The van der Waals surface area contributed by atoms with E-state index in [4.69, 9.17) is 14.8 Å². The zero-order valence-electron chi connectivity index (χ0n) is 11.6. The summed E-state index contributed by atoms with van der Waals surface area (Å²) in [6.07, 6.45) is 1.78. The first-order valence-corrected chi connectivity index (χ1v) is 6.62. The van der Waals surface area contributed by atoms with Gasteiger partial charge < -0.3 is 19.4 Å². The van der Waals surface area contributed by atoms with Crippen molar-refractivity contribution in [1.82, 2.24) is 9.55 Å². The van der Waals surface area contributed by atoms with E-state index < -0.39 is 7.12 Å². The van der Waals surface area contributed by atoms with Gasteiger partial charge in [0.15, 0.2) is 0 Å². The number of benzene rings is 2. The minimum atomic E-state index is -1.43. The summed E-state index contributed by atoms with van der Waals surface area (Å²) >= 11 is 0. The summed E-state index contributed by atoms with van der Waals surface area (Å²) in [5, 5.41) is 18.2. The van der Waals surface area contributed by atoms with Crippen LogP contribution in [0.3, 0.4) is 0 Å². The summed E-state index contributed by atoms with van der Waals surface area (Å²) in [6.45, 7) is 0.658. The van der Waals surface area contributed by atoms with Crippen LogP contribution in [-0.2, 0) is 6.54 Å². The lowest BCUT2D eigenvalue weighted by Gasteiger charge is -2.07. The van der Waals surface area contributed by atoms with E-state index in [0.29, 0.717) is 12.0 Å². The predicted molar refractivity (Wildman–Crippen MR) is 81.7 cm³/mol. The highest BCUT2D eigenvalue weighted by molar-refractivity contribution is 6.58. The van der Waals surface area contributed by atoms with E-state index in [-0.39, 0.29) is 0 Å². The normalized spacial score (nSPS) is 10.8. The summed E-state index contributed by atoms with van der Waals surface area (Å²) in [5.41, 5.74) is 3.38. The molecule has 0 saturated heterocycles. The van der Waals surface area contributed by atoms with Crippen LogP contribution in [-0.4, -0.2) is 33.8 Å². The number of para-hydroxylation sites is 1. The standard InChI is InChI=1S/C15H15BN2O3/c1-21-14-4-2-3-13-15(14)17-10-18(13)9-11-5-7-12(8-6-11)16(19)20/h2-8,10,19-20H,9H2,1H3. The first-order valence-electron chi connectivity index (χ1n) is 6.62. The number of fused-ring (bicyclic) bond motifs is 1. The van der Waals surface area contributed by atoms with Crippen molar-refractivity contribution in [2.75, 3.05) is 7.11 Å². The number of hydrogen-bond donors (Lipinski definition) is 2. The number of ether oxygens (including phenoxy) is 1. The highest BCUT2D eigenvalue weighted by atomic mass is 16.5. The second-order valence-corrected chi connectivity index (χ2v) is 4.82. The second kappa shape index (κ2) is 5.59. The molecule has 0 amide bonds. The Morgan fingerprint density at radius 1 is 1.14 bits per heavy atom. The molecule has 3 aromatic rings. The fourth-order valence-electron chi connectivity index (χ4n) is 2.34. The van der Waals surface area contributed by atoms with Gasteiger partial charge in [-0.05, 0) is 23.2 Å². The Kier molecular flexibility index (Phi) is 3.64. The average Bonchev–Trinajstić information content (AvgIpc) is 2.91. The van der Waals surface area contributed by atoms with Gasteiger partial charge in [-0.1, -0.05) is 30.3 Å². The summed E-state index contributed by atoms with van der Waals surface area (Å²) in [4.78, 5) is 4.39. The fraction of sp³-hybridized carbons (Fsp3) is 0.133. The first-order chi connectivity index (χ1) is 10.2. The van der Waals surface area contributed by atoms with Crippen LogP contribution < -0.4 is 10.2 Å². The van der Waals surface area contributed by atoms with E-state index >= 15 is 0 Å². The van der Waals surface area contributed by atoms with Crippen molar-refractivity contribution in [2.24, 2.45) is 0 Å². The number of methoxy groups -OCH3 is 1. The molecule has 0 fully saturated rings. The van der Waals surface area contributed by atoms with Gasteiger partial charge in [0.1, 0.15) is 11.3 Å². The van der Waals surface area contributed by atoms with Crippen molar-refractivity contribution in [1.29, 1.82) is 0 Å². The highest BCUT2D eigenvalue weighted by Crippen LogP contribution is 2.24. The van der Waals surface area contributed by atoms with Crippen molar-refractivity contribution in [3.63, 3.8) is 0 Å². The molecule has 6 heteroatoms. The van der Waals surface area contributed by atoms with Gasteiger partial charge in [0, 0.05) is 6.54 Å². The minimum Gasteiger partial charge on any atom is -0.494 e. The van der Waals surface area contributed by atoms with E-state index in [1.54, 1.807) is 25.6 Å². The summed E-state index contributed by atoms with van der Waals surface area (Å²) in [7, 11) is 0.199. The zero-order chi connectivity index (χ0) is 14.8. The number of rotatable bonds is 4. The topological polar surface area (TPSA) is 67.5 Å². The van der Waals surface area contributed by atoms with Gasteiger partial charge in [-0.3, -0.25) is 0 Å². The third-order valence-electron chi connectivity index (χ3n) is 3.46. The molecular weight excluding hydrogens is 267 g/mol. The molecule has 21 heavy (non-hydrogen) atoms. The smallest absolute Gasteiger partial charge is 0.488 e. The molecule has 0 unspecified atom stereocenters. The van der Waals surface area contributed by atoms with Gasteiger partial charge in [-0.2, -0.15) is 0 Å². The molecule has 0 bridgehead atoms. The van der Waals surface area contributed by atoms with Gasteiger partial charge >= 0.3 is 7.12 Å². The molecule has 0 aliphatic heterocycles. The lowest BCUT2D eigenvalue weighted by atomic mass is 9.80. The molecule has 2 aromatic carbocycles. The van der Waals surface area contributed by atoms with E-state index in [1.807, 2.05) is 34.9 Å². The van der Waals surface area contributed by atoms with Crippen molar-refractivity contribution in [2.45, 2.75) is 6.54 Å². The van der Waals surface area contributed by atoms with E-state index in [0.717, 1.165) is 22.3 Å². The summed E-state index contributed by atoms with van der Waals surface area (Å²) < 4.78 is 7.33. The first kappa shape index (κ1) is 13.7. The van der Waals surface area contributed by atoms with Crippen molar-refractivity contribution in [3.8, 4) is 5.75 Å². The lowest BCUT2D eigenvalue weighted by Crippen LogP contribution is -2.29. The third kappa shape index (κ3) is 2.63. The lowest BCUT2D eigenvalue weighted by molar-refractivity contribution is 0.419. The van der Waals surface area contributed by atoms with Crippen molar-refractivity contribution < 1.29 is 14.8 Å². The molecule has 1 heterocycles. The monoisotopic (exact) mass is 282 g/mol. The number of aromatic nitrogens is 2. The van der Waals surface area contributed by atoms with Gasteiger partial charge in [0.2, 0.25) is 0 Å². The van der Waals surface area contributed by atoms with Crippen LogP contribution in [0.1, 0.15) is 5.56 Å². The molecule has 0 saturated carbocycles. The third-order valence-corrected chi connectivity index (χ3v) is 3.46. The quantitative estimate of drug-likeness (QED) is 0.694. The molecule has 2 N–H and O–H groups in total. The Labute approximate surface area is 122 Å². The van der Waals surface area contributed by atoms with Gasteiger partial charge in [0.25, 0.3) is 0 Å². The molecule has 106 valence electrons. The molecule has 0 spiro atoms. The Morgan fingerprint density at radius 3 is 2.57 bits per heavy atom. The average molecular weight is 282 g/mol. The summed E-state index contributed by atoms with van der Waals surface area (Å²) in [5.74, 6) is 0.755. The van der Waals surface area contributed by atoms with Gasteiger partial charge in [-0.15, -0.1) is 0 Å². The van der Waals surface area contributed by atoms with Crippen LogP contribution in [0.2, 0.25) is 0 Å². The van der Waals surface area contributed by atoms with Crippen LogP contribution in [0.25, 0.3) is 11.0 Å². The van der Waals surface area contributed by atoms with Crippen molar-refractivity contribution in [3.05, 3.63) is 54.4 Å². The largest absolute Gasteiger partial charge is 0.494 e. The fourth-order valence-corrected chi connectivity index (χ4v) is 2.34. The SMILES string of the molecule is COc1cccc2c1ncn2Cc1ccc(B(O)O)cc1. The molecular formula is C15H15BN2O3. The van der Waals surface area contributed by atoms with Crippen LogP contribution in [0.4, 0.5) is 0 Å². The maximum atomic E-state index is 9.10. The van der Waals surface area contributed by atoms with E-state index in [1.165, 1.54) is 0 Å². The van der Waals surface area contributed by atoms with E-state index in [2.05, 4.69) is 4.98 Å². The maximum Gasteiger partial charge on any atom is 0.488 e. The maximum absolute atomic E-state index is 9.10. The van der Waals surface area contributed by atoms with Gasteiger partial charge in [0.05, 0.1) is 19.0 Å². The number of nitrogens with zero attached hydrogens (tertiary/aromatic N) is 2.